The van der Waals surface area contributed by atoms with E-state index < -0.39 is 0 Å². The Balaban J connectivity index is 2.20. The van der Waals surface area contributed by atoms with Crippen LogP contribution >= 0.6 is 22.6 Å². The quantitative estimate of drug-likeness (QED) is 0.579. The van der Waals surface area contributed by atoms with Crippen molar-refractivity contribution in [3.63, 3.8) is 0 Å². The van der Waals surface area contributed by atoms with Gasteiger partial charge in [-0.05, 0) is 52.4 Å². The molecule has 0 heterocycles. The second-order valence-electron chi connectivity index (χ2n) is 4.07. The van der Waals surface area contributed by atoms with Crippen molar-refractivity contribution in [3.05, 3.63) is 56.9 Å². The molecular weight excluding hydrogens is 374 g/mol. The smallest absolute Gasteiger partial charge is 0.174 e. The predicted octanol–water partition coefficient (Wildman–Crippen LogP) is 3.83. The molecule has 0 atom stereocenters. The molecule has 0 saturated carbocycles. The first-order valence-electron chi connectivity index (χ1n) is 5.84. The number of hydrogen-bond acceptors (Lipinski definition) is 3. The largest absolute Gasteiger partial charge is 0.493 e. The summed E-state index contributed by atoms with van der Waals surface area (Å²) in [5.41, 5.74) is 1.38. The van der Waals surface area contributed by atoms with Crippen LogP contribution in [0.5, 0.6) is 11.5 Å². The molecule has 0 aliphatic heterocycles. The van der Waals surface area contributed by atoms with Gasteiger partial charge in [-0.3, -0.25) is 4.79 Å². The Morgan fingerprint density at radius 3 is 2.55 bits per heavy atom. The van der Waals surface area contributed by atoms with Gasteiger partial charge >= 0.3 is 0 Å². The molecule has 0 amide bonds. The summed E-state index contributed by atoms with van der Waals surface area (Å²) in [6, 6.07) is 9.43. The van der Waals surface area contributed by atoms with Crippen molar-refractivity contribution in [2.45, 2.75) is 6.61 Å². The lowest BCUT2D eigenvalue weighted by Gasteiger charge is -2.13. The molecule has 20 heavy (non-hydrogen) atoms. The number of methoxy groups -OCH3 is 1. The Morgan fingerprint density at radius 2 is 1.95 bits per heavy atom. The Hall–Kier alpha value is -1.63. The maximum Gasteiger partial charge on any atom is 0.174 e. The number of aldehydes is 1. The fraction of sp³-hybridized carbons (Fsp3) is 0.133. The van der Waals surface area contributed by atoms with E-state index in [1.54, 1.807) is 24.3 Å². The third kappa shape index (κ3) is 3.47. The molecule has 5 heteroatoms. The van der Waals surface area contributed by atoms with E-state index in [2.05, 4.69) is 22.6 Å². The van der Waals surface area contributed by atoms with E-state index in [0.29, 0.717) is 23.7 Å². The van der Waals surface area contributed by atoms with Crippen molar-refractivity contribution < 1.29 is 18.7 Å². The maximum atomic E-state index is 12.8. The molecular formula is C15H12FIO3. The minimum absolute atomic E-state index is 0.281. The predicted molar refractivity (Wildman–Crippen MR) is 81.8 cm³/mol. The van der Waals surface area contributed by atoms with Crippen LogP contribution < -0.4 is 9.47 Å². The Morgan fingerprint density at radius 1 is 1.25 bits per heavy atom. The molecule has 0 radical (unpaired) electrons. The van der Waals surface area contributed by atoms with Gasteiger partial charge < -0.3 is 9.47 Å². The molecule has 0 aliphatic rings. The number of carbonyl (C=O) groups is 1. The third-order valence-corrected chi connectivity index (χ3v) is 3.49. The molecule has 0 aromatic heterocycles. The summed E-state index contributed by atoms with van der Waals surface area (Å²) in [5.74, 6) is 0.792. The van der Waals surface area contributed by atoms with Gasteiger partial charge in [-0.15, -0.1) is 0 Å². The molecule has 0 aliphatic carbocycles. The highest BCUT2D eigenvalue weighted by atomic mass is 127. The van der Waals surface area contributed by atoms with Crippen LogP contribution in [-0.4, -0.2) is 13.4 Å². The fourth-order valence-corrected chi connectivity index (χ4v) is 2.47. The topological polar surface area (TPSA) is 35.5 Å². The van der Waals surface area contributed by atoms with Gasteiger partial charge in [0.1, 0.15) is 18.7 Å². The Bertz CT molecular complexity index is 611. The van der Waals surface area contributed by atoms with E-state index >= 15 is 0 Å². The van der Waals surface area contributed by atoms with Crippen LogP contribution in [0.1, 0.15) is 15.9 Å². The van der Waals surface area contributed by atoms with Gasteiger partial charge in [-0.25, -0.2) is 4.39 Å². The van der Waals surface area contributed by atoms with E-state index in [9.17, 15) is 9.18 Å². The first-order valence-corrected chi connectivity index (χ1v) is 6.92. The normalized spacial score (nSPS) is 10.2. The lowest BCUT2D eigenvalue weighted by Crippen LogP contribution is -2.00. The minimum atomic E-state index is -0.281. The molecule has 0 spiro atoms. The number of ether oxygens (including phenoxy) is 2. The number of rotatable bonds is 5. The Labute approximate surface area is 129 Å². The summed E-state index contributed by atoms with van der Waals surface area (Å²) in [4.78, 5) is 10.8. The summed E-state index contributed by atoms with van der Waals surface area (Å²) in [6.45, 7) is 0.299. The first kappa shape index (κ1) is 14.8. The Kier molecular flexibility index (Phi) is 4.94. The van der Waals surface area contributed by atoms with Crippen molar-refractivity contribution in [2.75, 3.05) is 7.11 Å². The van der Waals surface area contributed by atoms with Crippen LogP contribution in [0.2, 0.25) is 0 Å². The first-order chi connectivity index (χ1) is 9.63. The summed E-state index contributed by atoms with van der Waals surface area (Å²) in [5, 5.41) is 0. The SMILES string of the molecule is COc1cc(C=O)cc(I)c1OCc1ccc(F)cc1. The maximum absolute atomic E-state index is 12.8. The van der Waals surface area contributed by atoms with E-state index in [0.717, 1.165) is 15.4 Å². The van der Waals surface area contributed by atoms with E-state index in [4.69, 9.17) is 9.47 Å². The van der Waals surface area contributed by atoms with Gasteiger partial charge in [0, 0.05) is 5.56 Å². The van der Waals surface area contributed by atoms with Crippen LogP contribution in [0.25, 0.3) is 0 Å². The molecule has 0 bridgehead atoms. The molecule has 2 rings (SSSR count). The lowest BCUT2D eigenvalue weighted by atomic mass is 10.2. The van der Waals surface area contributed by atoms with Gasteiger partial charge in [-0.1, -0.05) is 12.1 Å². The molecule has 2 aromatic rings. The zero-order valence-electron chi connectivity index (χ0n) is 10.7. The van der Waals surface area contributed by atoms with Gasteiger partial charge in [-0.2, -0.15) is 0 Å². The second-order valence-corrected chi connectivity index (χ2v) is 5.23. The van der Waals surface area contributed by atoms with Gasteiger partial charge in [0.15, 0.2) is 11.5 Å². The van der Waals surface area contributed by atoms with Crippen molar-refractivity contribution in [3.8, 4) is 11.5 Å². The average molecular weight is 386 g/mol. The highest BCUT2D eigenvalue weighted by Crippen LogP contribution is 2.34. The number of carbonyl (C=O) groups excluding carboxylic acids is 1. The summed E-state index contributed by atoms with van der Waals surface area (Å²) >= 11 is 2.08. The second kappa shape index (κ2) is 6.69. The molecule has 0 unspecified atom stereocenters. The standard InChI is InChI=1S/C15H12FIO3/c1-19-14-7-11(8-18)6-13(17)15(14)20-9-10-2-4-12(16)5-3-10/h2-8H,9H2,1H3. The number of halogens is 2. The zero-order valence-corrected chi connectivity index (χ0v) is 12.9. The van der Waals surface area contributed by atoms with Gasteiger partial charge in [0.25, 0.3) is 0 Å². The summed E-state index contributed by atoms with van der Waals surface area (Å²) in [7, 11) is 1.52. The van der Waals surface area contributed by atoms with Gasteiger partial charge in [0.05, 0.1) is 10.7 Å². The van der Waals surface area contributed by atoms with Crippen LogP contribution in [0.4, 0.5) is 4.39 Å². The van der Waals surface area contributed by atoms with Gasteiger partial charge in [0.2, 0.25) is 0 Å². The van der Waals surface area contributed by atoms with Crippen molar-refractivity contribution in [1.29, 1.82) is 0 Å². The van der Waals surface area contributed by atoms with Crippen LogP contribution in [0, 0.1) is 9.39 Å². The van der Waals surface area contributed by atoms with E-state index in [1.165, 1.54) is 19.2 Å². The van der Waals surface area contributed by atoms with Crippen molar-refractivity contribution in [2.24, 2.45) is 0 Å². The van der Waals surface area contributed by atoms with Crippen molar-refractivity contribution >= 4 is 28.9 Å². The fourth-order valence-electron chi connectivity index (χ4n) is 1.68. The van der Waals surface area contributed by atoms with Crippen LogP contribution in [-0.2, 0) is 6.61 Å². The molecule has 0 saturated heterocycles. The number of hydrogen-bond donors (Lipinski definition) is 0. The monoisotopic (exact) mass is 386 g/mol. The molecule has 0 N–H and O–H groups in total. The minimum Gasteiger partial charge on any atom is -0.493 e. The summed E-state index contributed by atoms with van der Waals surface area (Å²) in [6.07, 6.45) is 0.758. The van der Waals surface area contributed by atoms with E-state index in [-0.39, 0.29) is 5.82 Å². The highest BCUT2D eigenvalue weighted by molar-refractivity contribution is 14.1. The lowest BCUT2D eigenvalue weighted by molar-refractivity contribution is 0.112. The molecule has 104 valence electrons. The molecule has 0 fully saturated rings. The van der Waals surface area contributed by atoms with Crippen LogP contribution in [0.3, 0.4) is 0 Å². The number of benzene rings is 2. The third-order valence-electron chi connectivity index (χ3n) is 2.68. The summed E-state index contributed by atoms with van der Waals surface area (Å²) < 4.78 is 24.5. The zero-order chi connectivity index (χ0) is 14.5. The highest BCUT2D eigenvalue weighted by Gasteiger charge is 2.11. The van der Waals surface area contributed by atoms with Crippen LogP contribution in [0.15, 0.2) is 36.4 Å². The van der Waals surface area contributed by atoms with Crippen molar-refractivity contribution in [1.82, 2.24) is 0 Å². The van der Waals surface area contributed by atoms with E-state index in [1.807, 2.05) is 0 Å². The average Bonchev–Trinajstić information content (AvgIpc) is 2.47. The molecule has 3 nitrogen and oxygen atoms in total. The molecule has 2 aromatic carbocycles.